The van der Waals surface area contributed by atoms with E-state index in [1.54, 1.807) is 4.90 Å². The van der Waals surface area contributed by atoms with Gasteiger partial charge in [-0.1, -0.05) is 42.5 Å². The van der Waals surface area contributed by atoms with Crippen molar-refractivity contribution in [1.82, 2.24) is 4.90 Å². The molecule has 0 aliphatic carbocycles. The molecule has 0 saturated carbocycles. The number of aryl methyl sites for hydroxylation is 1. The molecule has 140 valence electrons. The van der Waals surface area contributed by atoms with Crippen LogP contribution in [-0.4, -0.2) is 24.5 Å². The lowest BCUT2D eigenvalue weighted by Gasteiger charge is -2.17. The molecule has 0 atom stereocenters. The molecule has 0 fully saturated rings. The molecule has 0 aliphatic heterocycles. The van der Waals surface area contributed by atoms with Crippen LogP contribution in [0.5, 0.6) is 5.75 Å². The van der Waals surface area contributed by atoms with Gasteiger partial charge in [-0.05, 0) is 36.8 Å². The zero-order chi connectivity index (χ0) is 19.1. The molecule has 0 radical (unpaired) electrons. The summed E-state index contributed by atoms with van der Waals surface area (Å²) in [4.78, 5) is 14.2. The van der Waals surface area contributed by atoms with Crippen LogP contribution in [0.25, 0.3) is 11.3 Å². The van der Waals surface area contributed by atoms with Crippen LogP contribution in [0.4, 0.5) is 0 Å². The number of amides is 1. The Morgan fingerprint density at radius 1 is 1.00 bits per heavy atom. The van der Waals surface area contributed by atoms with Gasteiger partial charge in [-0.3, -0.25) is 4.79 Å². The third-order valence-corrected chi connectivity index (χ3v) is 4.39. The maximum absolute atomic E-state index is 12.4. The molecule has 0 aliphatic rings. The van der Waals surface area contributed by atoms with Crippen LogP contribution >= 0.6 is 0 Å². The van der Waals surface area contributed by atoms with Gasteiger partial charge < -0.3 is 14.1 Å². The van der Waals surface area contributed by atoms with Crippen LogP contribution < -0.4 is 4.74 Å². The summed E-state index contributed by atoms with van der Waals surface area (Å²) >= 11 is 0. The van der Waals surface area contributed by atoms with E-state index in [0.717, 1.165) is 28.4 Å². The van der Waals surface area contributed by atoms with E-state index < -0.39 is 0 Å². The molecule has 4 nitrogen and oxygen atoms in total. The standard InChI is InChI=1S/C23H25NO3/c1-3-26-20-11-9-18(10-12-20)17-24(2)23(25)16-14-21-13-15-22(27-21)19-7-5-4-6-8-19/h4-13,15H,3,14,16-17H2,1-2H3. The Hall–Kier alpha value is -3.01. The fourth-order valence-electron chi connectivity index (χ4n) is 2.91. The summed E-state index contributed by atoms with van der Waals surface area (Å²) in [5.74, 6) is 2.61. The molecule has 4 heteroatoms. The van der Waals surface area contributed by atoms with E-state index in [9.17, 15) is 4.79 Å². The van der Waals surface area contributed by atoms with Gasteiger partial charge in [0.2, 0.25) is 5.91 Å². The van der Waals surface area contributed by atoms with Crippen LogP contribution in [0.2, 0.25) is 0 Å². The normalized spacial score (nSPS) is 10.6. The van der Waals surface area contributed by atoms with E-state index in [0.29, 0.717) is 26.0 Å². The highest BCUT2D eigenvalue weighted by molar-refractivity contribution is 5.76. The molecular formula is C23H25NO3. The number of ether oxygens (including phenoxy) is 1. The van der Waals surface area contributed by atoms with E-state index in [-0.39, 0.29) is 5.91 Å². The van der Waals surface area contributed by atoms with Crippen molar-refractivity contribution in [3.8, 4) is 17.1 Å². The molecule has 0 bridgehead atoms. The predicted octanol–water partition coefficient (Wildman–Crippen LogP) is 4.94. The maximum atomic E-state index is 12.4. The van der Waals surface area contributed by atoms with Crippen molar-refractivity contribution in [1.29, 1.82) is 0 Å². The Kier molecular flexibility index (Phi) is 6.31. The molecule has 0 spiro atoms. The SMILES string of the molecule is CCOc1ccc(CN(C)C(=O)CCc2ccc(-c3ccccc3)o2)cc1. The summed E-state index contributed by atoms with van der Waals surface area (Å²) < 4.78 is 11.3. The molecular weight excluding hydrogens is 338 g/mol. The van der Waals surface area contributed by atoms with Crippen molar-refractivity contribution < 1.29 is 13.9 Å². The summed E-state index contributed by atoms with van der Waals surface area (Å²) in [6, 6.07) is 21.7. The summed E-state index contributed by atoms with van der Waals surface area (Å²) in [5.41, 5.74) is 2.13. The Morgan fingerprint density at radius 2 is 1.74 bits per heavy atom. The maximum Gasteiger partial charge on any atom is 0.223 e. The first-order valence-electron chi connectivity index (χ1n) is 9.25. The van der Waals surface area contributed by atoms with E-state index in [2.05, 4.69) is 0 Å². The minimum Gasteiger partial charge on any atom is -0.494 e. The van der Waals surface area contributed by atoms with Crippen molar-refractivity contribution in [2.75, 3.05) is 13.7 Å². The number of hydrogen-bond donors (Lipinski definition) is 0. The summed E-state index contributed by atoms with van der Waals surface area (Å²) in [6.45, 7) is 3.19. The molecule has 1 aromatic heterocycles. The van der Waals surface area contributed by atoms with Crippen molar-refractivity contribution in [2.45, 2.75) is 26.3 Å². The molecule has 3 rings (SSSR count). The first-order valence-corrected chi connectivity index (χ1v) is 9.25. The molecule has 0 N–H and O–H groups in total. The van der Waals surface area contributed by atoms with Gasteiger partial charge in [0.1, 0.15) is 17.3 Å². The smallest absolute Gasteiger partial charge is 0.223 e. The minimum atomic E-state index is 0.0987. The zero-order valence-corrected chi connectivity index (χ0v) is 15.9. The van der Waals surface area contributed by atoms with Crippen LogP contribution in [-0.2, 0) is 17.8 Å². The van der Waals surface area contributed by atoms with Crippen molar-refractivity contribution in [3.05, 3.63) is 78.1 Å². The molecule has 1 heterocycles. The Labute approximate surface area is 160 Å². The van der Waals surface area contributed by atoms with Gasteiger partial charge in [0, 0.05) is 32.0 Å². The van der Waals surface area contributed by atoms with E-state index in [1.165, 1.54) is 0 Å². The summed E-state index contributed by atoms with van der Waals surface area (Å²) in [5, 5.41) is 0. The highest BCUT2D eigenvalue weighted by Gasteiger charge is 2.12. The summed E-state index contributed by atoms with van der Waals surface area (Å²) in [6.07, 6.45) is 1.02. The number of rotatable bonds is 8. The zero-order valence-electron chi connectivity index (χ0n) is 15.9. The molecule has 1 amide bonds. The third-order valence-electron chi connectivity index (χ3n) is 4.39. The lowest BCUT2D eigenvalue weighted by molar-refractivity contribution is -0.130. The number of carbonyl (C=O) groups excluding carboxylic acids is 1. The second kappa shape index (κ2) is 9.08. The van der Waals surface area contributed by atoms with Crippen molar-refractivity contribution in [2.24, 2.45) is 0 Å². The van der Waals surface area contributed by atoms with Crippen LogP contribution in [0, 0.1) is 0 Å². The number of carbonyl (C=O) groups is 1. The van der Waals surface area contributed by atoms with Gasteiger partial charge in [0.15, 0.2) is 0 Å². The molecule has 0 unspecified atom stereocenters. The molecule has 2 aromatic carbocycles. The highest BCUT2D eigenvalue weighted by Crippen LogP contribution is 2.22. The van der Waals surface area contributed by atoms with E-state index in [4.69, 9.17) is 9.15 Å². The average molecular weight is 363 g/mol. The fourth-order valence-corrected chi connectivity index (χ4v) is 2.91. The topological polar surface area (TPSA) is 42.7 Å². The first-order chi connectivity index (χ1) is 13.2. The van der Waals surface area contributed by atoms with E-state index >= 15 is 0 Å². The van der Waals surface area contributed by atoms with Gasteiger partial charge in [-0.2, -0.15) is 0 Å². The largest absolute Gasteiger partial charge is 0.494 e. The first kappa shape index (κ1) is 18.8. The quantitative estimate of drug-likeness (QED) is 0.569. The monoisotopic (exact) mass is 363 g/mol. The van der Waals surface area contributed by atoms with Crippen LogP contribution in [0.1, 0.15) is 24.7 Å². The number of benzene rings is 2. The third kappa shape index (κ3) is 5.23. The van der Waals surface area contributed by atoms with Gasteiger partial charge in [0.05, 0.1) is 6.61 Å². The Bertz CT molecular complexity index is 853. The predicted molar refractivity (Wildman–Crippen MR) is 107 cm³/mol. The molecule has 27 heavy (non-hydrogen) atoms. The number of hydrogen-bond acceptors (Lipinski definition) is 3. The number of nitrogens with zero attached hydrogens (tertiary/aromatic N) is 1. The second-order valence-electron chi connectivity index (χ2n) is 6.46. The average Bonchev–Trinajstić information content (AvgIpc) is 3.17. The number of furan rings is 1. The molecule has 0 saturated heterocycles. The lowest BCUT2D eigenvalue weighted by atomic mass is 10.2. The lowest BCUT2D eigenvalue weighted by Crippen LogP contribution is -2.26. The van der Waals surface area contributed by atoms with E-state index in [1.807, 2.05) is 80.7 Å². The summed E-state index contributed by atoms with van der Waals surface area (Å²) in [7, 11) is 1.83. The molecule has 3 aromatic rings. The second-order valence-corrected chi connectivity index (χ2v) is 6.46. The van der Waals surface area contributed by atoms with Crippen LogP contribution in [0.15, 0.2) is 71.1 Å². The van der Waals surface area contributed by atoms with Gasteiger partial charge in [-0.25, -0.2) is 0 Å². The van der Waals surface area contributed by atoms with Gasteiger partial charge in [0.25, 0.3) is 0 Å². The van der Waals surface area contributed by atoms with Crippen molar-refractivity contribution in [3.63, 3.8) is 0 Å². The van der Waals surface area contributed by atoms with Gasteiger partial charge >= 0.3 is 0 Å². The Balaban J connectivity index is 1.50. The van der Waals surface area contributed by atoms with Crippen LogP contribution in [0.3, 0.4) is 0 Å². The Morgan fingerprint density at radius 3 is 2.44 bits per heavy atom. The fraction of sp³-hybridized carbons (Fsp3) is 0.261. The van der Waals surface area contributed by atoms with Crippen molar-refractivity contribution >= 4 is 5.91 Å². The van der Waals surface area contributed by atoms with Gasteiger partial charge in [-0.15, -0.1) is 0 Å². The minimum absolute atomic E-state index is 0.0987. The highest BCUT2D eigenvalue weighted by atomic mass is 16.5.